The maximum Gasteiger partial charge on any atom is 0.264 e. The Morgan fingerprint density at radius 1 is 1.17 bits per heavy atom. The van der Waals surface area contributed by atoms with Crippen LogP contribution in [0.25, 0.3) is 0 Å². The van der Waals surface area contributed by atoms with E-state index in [0.29, 0.717) is 0 Å². The van der Waals surface area contributed by atoms with Gasteiger partial charge in [0.1, 0.15) is 11.9 Å². The molecule has 1 atom stereocenters. The van der Waals surface area contributed by atoms with Gasteiger partial charge in [-0.1, -0.05) is 0 Å². The molecule has 0 saturated carbocycles. The van der Waals surface area contributed by atoms with Gasteiger partial charge in [-0.25, -0.2) is 17.6 Å². The molecule has 0 bridgehead atoms. The highest BCUT2D eigenvalue weighted by Gasteiger charge is 2.21. The van der Waals surface area contributed by atoms with Crippen LogP contribution in [0.15, 0.2) is 0 Å². The molecule has 0 amide bonds. The van der Waals surface area contributed by atoms with Crippen molar-refractivity contribution < 1.29 is 27.5 Å². The largest absolute Gasteiger partial charge is 0.387 e. The van der Waals surface area contributed by atoms with Gasteiger partial charge in [0.05, 0.1) is 6.42 Å². The van der Waals surface area contributed by atoms with Crippen LogP contribution in [0.3, 0.4) is 0 Å². The molecular formula is C6H8F4O2. The highest BCUT2D eigenvalue weighted by atomic mass is 19.3. The number of alkyl halides is 4. The maximum absolute atomic E-state index is 11.5. The minimum atomic E-state index is -3.06. The van der Waals surface area contributed by atoms with Crippen LogP contribution in [0.5, 0.6) is 0 Å². The normalized spacial score (nSPS) is 13.9. The molecule has 12 heavy (non-hydrogen) atoms. The number of aliphatic hydroxyl groups excluding tert-OH is 1. The SMILES string of the molecule is O=C(CC(F)F)CC(O)C(F)F. The summed E-state index contributed by atoms with van der Waals surface area (Å²) >= 11 is 0. The number of hydrogen-bond acceptors (Lipinski definition) is 2. The van der Waals surface area contributed by atoms with E-state index in [4.69, 9.17) is 5.11 Å². The Labute approximate surface area is 66.2 Å². The molecule has 1 N–H and O–H groups in total. The molecule has 0 aromatic carbocycles. The van der Waals surface area contributed by atoms with Crippen molar-refractivity contribution in [3.8, 4) is 0 Å². The summed E-state index contributed by atoms with van der Waals surface area (Å²) in [5.41, 5.74) is 0. The second-order valence-corrected chi connectivity index (χ2v) is 2.24. The molecule has 72 valence electrons. The van der Waals surface area contributed by atoms with Gasteiger partial charge in [0.25, 0.3) is 6.43 Å². The van der Waals surface area contributed by atoms with E-state index in [-0.39, 0.29) is 0 Å². The molecule has 2 nitrogen and oxygen atoms in total. The first-order chi connectivity index (χ1) is 5.43. The quantitative estimate of drug-likeness (QED) is 0.659. The third-order valence-corrected chi connectivity index (χ3v) is 1.11. The smallest absolute Gasteiger partial charge is 0.264 e. The minimum absolute atomic E-state index is 0.915. The molecular weight excluding hydrogens is 180 g/mol. The zero-order valence-electron chi connectivity index (χ0n) is 6.01. The lowest BCUT2D eigenvalue weighted by Gasteiger charge is -2.07. The van der Waals surface area contributed by atoms with Gasteiger partial charge in [-0.3, -0.25) is 4.79 Å². The third kappa shape index (κ3) is 5.06. The molecule has 0 aromatic rings. The van der Waals surface area contributed by atoms with E-state index < -0.39 is 37.6 Å². The summed E-state index contributed by atoms with van der Waals surface area (Å²) in [6, 6.07) is 0. The number of hydrogen-bond donors (Lipinski definition) is 1. The second kappa shape index (κ2) is 5.08. The summed E-state index contributed by atoms with van der Waals surface area (Å²) in [6.07, 6.45) is -10.0. The van der Waals surface area contributed by atoms with Gasteiger partial charge < -0.3 is 5.11 Å². The van der Waals surface area contributed by atoms with Crippen LogP contribution in [0.1, 0.15) is 12.8 Å². The van der Waals surface area contributed by atoms with Gasteiger partial charge in [0.15, 0.2) is 0 Å². The Kier molecular flexibility index (Phi) is 4.80. The van der Waals surface area contributed by atoms with Crippen molar-refractivity contribution in [3.63, 3.8) is 0 Å². The van der Waals surface area contributed by atoms with Gasteiger partial charge >= 0.3 is 0 Å². The lowest BCUT2D eigenvalue weighted by Crippen LogP contribution is -2.22. The first-order valence-electron chi connectivity index (χ1n) is 3.19. The van der Waals surface area contributed by atoms with E-state index in [1.807, 2.05) is 0 Å². The Hall–Kier alpha value is -0.650. The Morgan fingerprint density at radius 3 is 2.00 bits per heavy atom. The van der Waals surface area contributed by atoms with E-state index in [1.54, 1.807) is 0 Å². The topological polar surface area (TPSA) is 37.3 Å². The number of aliphatic hydroxyl groups is 1. The fourth-order valence-corrected chi connectivity index (χ4v) is 0.578. The average Bonchev–Trinajstić information content (AvgIpc) is 1.84. The predicted molar refractivity (Wildman–Crippen MR) is 32.3 cm³/mol. The van der Waals surface area contributed by atoms with Gasteiger partial charge in [-0.05, 0) is 0 Å². The van der Waals surface area contributed by atoms with Gasteiger partial charge in [-0.2, -0.15) is 0 Å². The molecule has 0 fully saturated rings. The molecule has 0 aromatic heterocycles. The monoisotopic (exact) mass is 188 g/mol. The van der Waals surface area contributed by atoms with Crippen molar-refractivity contribution in [1.29, 1.82) is 0 Å². The molecule has 1 unspecified atom stereocenters. The highest BCUT2D eigenvalue weighted by Crippen LogP contribution is 2.09. The lowest BCUT2D eigenvalue weighted by atomic mass is 10.1. The molecule has 0 aliphatic heterocycles. The Balaban J connectivity index is 3.69. The minimum Gasteiger partial charge on any atom is -0.387 e. The molecule has 0 saturated heterocycles. The number of carbonyl (C=O) groups is 1. The predicted octanol–water partition coefficient (Wildman–Crippen LogP) is 1.23. The van der Waals surface area contributed by atoms with E-state index in [2.05, 4.69) is 0 Å². The van der Waals surface area contributed by atoms with E-state index in [0.717, 1.165) is 0 Å². The van der Waals surface area contributed by atoms with Crippen LogP contribution in [0.2, 0.25) is 0 Å². The Morgan fingerprint density at radius 2 is 1.67 bits per heavy atom. The van der Waals surface area contributed by atoms with Crippen LogP contribution in [0.4, 0.5) is 17.6 Å². The lowest BCUT2D eigenvalue weighted by molar-refractivity contribution is -0.126. The standard InChI is InChI=1S/C6H8F4O2/c7-5(8)2-3(11)1-4(12)6(9)10/h4-6,12H,1-2H2. The van der Waals surface area contributed by atoms with Crippen LogP contribution < -0.4 is 0 Å². The summed E-state index contributed by atoms with van der Waals surface area (Å²) in [6.45, 7) is 0. The second-order valence-electron chi connectivity index (χ2n) is 2.24. The molecule has 6 heteroatoms. The fraction of sp³-hybridized carbons (Fsp3) is 0.833. The van der Waals surface area contributed by atoms with Crippen LogP contribution >= 0.6 is 0 Å². The molecule has 0 radical (unpaired) electrons. The van der Waals surface area contributed by atoms with Crippen LogP contribution in [0, 0.1) is 0 Å². The third-order valence-electron chi connectivity index (χ3n) is 1.11. The van der Waals surface area contributed by atoms with E-state index in [1.165, 1.54) is 0 Å². The first-order valence-corrected chi connectivity index (χ1v) is 3.19. The molecule has 0 aliphatic rings. The average molecular weight is 188 g/mol. The summed E-state index contributed by atoms with van der Waals surface area (Å²) in [5.74, 6) is -1.06. The maximum atomic E-state index is 11.5. The van der Waals surface area contributed by atoms with Crippen molar-refractivity contribution in [2.75, 3.05) is 0 Å². The van der Waals surface area contributed by atoms with E-state index >= 15 is 0 Å². The van der Waals surface area contributed by atoms with E-state index in [9.17, 15) is 22.4 Å². The number of halogens is 4. The summed E-state index contributed by atoms with van der Waals surface area (Å²) in [7, 11) is 0. The van der Waals surface area contributed by atoms with Gasteiger partial charge in [-0.15, -0.1) is 0 Å². The van der Waals surface area contributed by atoms with Gasteiger partial charge in [0.2, 0.25) is 6.43 Å². The molecule has 0 spiro atoms. The van der Waals surface area contributed by atoms with Crippen LogP contribution in [-0.2, 0) is 4.79 Å². The molecule has 0 rings (SSSR count). The van der Waals surface area contributed by atoms with Crippen molar-refractivity contribution >= 4 is 5.78 Å². The zero-order valence-corrected chi connectivity index (χ0v) is 6.01. The number of ketones is 1. The first kappa shape index (κ1) is 11.4. The zero-order chi connectivity index (χ0) is 9.72. The molecule has 0 heterocycles. The summed E-state index contributed by atoms with van der Waals surface area (Å²) in [4.78, 5) is 10.4. The number of carbonyl (C=O) groups excluding carboxylic acids is 1. The van der Waals surface area contributed by atoms with Crippen molar-refractivity contribution in [2.45, 2.75) is 31.8 Å². The summed E-state index contributed by atoms with van der Waals surface area (Å²) in [5, 5.41) is 8.39. The summed E-state index contributed by atoms with van der Waals surface area (Å²) < 4.78 is 46.0. The van der Waals surface area contributed by atoms with Gasteiger partial charge in [0, 0.05) is 6.42 Å². The fourth-order valence-electron chi connectivity index (χ4n) is 0.578. The van der Waals surface area contributed by atoms with Crippen molar-refractivity contribution in [1.82, 2.24) is 0 Å². The van der Waals surface area contributed by atoms with Crippen molar-refractivity contribution in [2.24, 2.45) is 0 Å². The highest BCUT2D eigenvalue weighted by molar-refractivity contribution is 5.79. The number of Topliss-reactive ketones (excluding diaryl/α,β-unsaturated/α-hetero) is 1. The number of rotatable bonds is 5. The Bertz CT molecular complexity index is 148. The van der Waals surface area contributed by atoms with Crippen molar-refractivity contribution in [3.05, 3.63) is 0 Å². The molecule has 0 aliphatic carbocycles. The van der Waals surface area contributed by atoms with Crippen LogP contribution in [-0.4, -0.2) is 29.8 Å².